The highest BCUT2D eigenvalue weighted by Crippen LogP contribution is 2.12. The Labute approximate surface area is 305 Å². The molecule has 0 aromatic carbocycles. The van der Waals surface area contributed by atoms with Gasteiger partial charge in [0.25, 0.3) is 0 Å². The maximum Gasteiger partial charge on any atom is 0.328 e. The molecule has 0 aromatic heterocycles. The summed E-state index contributed by atoms with van der Waals surface area (Å²) in [6, 6.07) is -8.61. The number of carboxylic acids is 1. The molecule has 0 aliphatic heterocycles. The van der Waals surface area contributed by atoms with Crippen LogP contribution in [0.5, 0.6) is 0 Å². The van der Waals surface area contributed by atoms with E-state index in [9.17, 15) is 43.8 Å². The predicted octanol–water partition coefficient (Wildman–Crippen LogP) is -4.82. The van der Waals surface area contributed by atoms with Crippen molar-refractivity contribution in [2.75, 3.05) is 26.2 Å². The molecular formula is C32H63N11O9. The first-order chi connectivity index (χ1) is 24.4. The average Bonchev–Trinajstić information content (AvgIpc) is 3.07. The molecule has 0 heterocycles. The van der Waals surface area contributed by atoms with E-state index in [1.165, 1.54) is 6.92 Å². The van der Waals surface area contributed by atoms with Gasteiger partial charge in [-0.2, -0.15) is 0 Å². The van der Waals surface area contributed by atoms with Crippen molar-refractivity contribution >= 4 is 41.4 Å². The highest BCUT2D eigenvalue weighted by Gasteiger charge is 2.35. The van der Waals surface area contributed by atoms with Crippen LogP contribution >= 0.6 is 0 Å². The van der Waals surface area contributed by atoms with Crippen LogP contribution in [0.2, 0.25) is 0 Å². The molecule has 0 unspecified atom stereocenters. The summed E-state index contributed by atoms with van der Waals surface area (Å²) in [5.41, 5.74) is 28.3. The Morgan fingerprint density at radius 2 is 0.904 bits per heavy atom. The molecule has 9 atom stereocenters. The van der Waals surface area contributed by atoms with Gasteiger partial charge in [-0.15, -0.1) is 0 Å². The summed E-state index contributed by atoms with van der Waals surface area (Å²) in [4.78, 5) is 90.9. The minimum absolute atomic E-state index is 0.0434. The highest BCUT2D eigenvalue weighted by molar-refractivity contribution is 5.97. The van der Waals surface area contributed by atoms with Gasteiger partial charge in [-0.05, 0) is 77.0 Å². The van der Waals surface area contributed by atoms with E-state index in [1.807, 2.05) is 13.8 Å². The fourth-order valence-electron chi connectivity index (χ4n) is 5.00. The van der Waals surface area contributed by atoms with Crippen LogP contribution in [0.3, 0.4) is 0 Å². The number of aliphatic carboxylic acids is 1. The van der Waals surface area contributed by atoms with Gasteiger partial charge >= 0.3 is 5.97 Å². The minimum Gasteiger partial charge on any atom is -0.480 e. The molecule has 0 rings (SSSR count). The van der Waals surface area contributed by atoms with Crippen LogP contribution in [0.4, 0.5) is 0 Å². The first-order valence-corrected chi connectivity index (χ1v) is 17.7. The van der Waals surface area contributed by atoms with Gasteiger partial charge in [-0.25, -0.2) is 4.79 Å². The smallest absolute Gasteiger partial charge is 0.328 e. The number of aliphatic hydroxyl groups is 1. The number of nitrogens with one attached hydrogen (secondary N) is 6. The first kappa shape index (κ1) is 48.0. The van der Waals surface area contributed by atoms with Gasteiger partial charge < -0.3 is 70.8 Å². The zero-order valence-corrected chi connectivity index (χ0v) is 31.0. The second-order valence-electron chi connectivity index (χ2n) is 13.2. The number of hydrogen-bond donors (Lipinski definition) is 13. The number of nitrogens with two attached hydrogens (primary N) is 5. The van der Waals surface area contributed by atoms with Crippen LogP contribution in [-0.4, -0.2) is 126 Å². The van der Waals surface area contributed by atoms with Crippen molar-refractivity contribution in [1.29, 1.82) is 0 Å². The maximum atomic E-state index is 13.7. The maximum absolute atomic E-state index is 13.7. The lowest BCUT2D eigenvalue weighted by atomic mass is 9.96. The Balaban J connectivity index is 6.11. The average molecular weight is 746 g/mol. The van der Waals surface area contributed by atoms with E-state index in [-0.39, 0.29) is 64.2 Å². The summed E-state index contributed by atoms with van der Waals surface area (Å²) in [7, 11) is 0. The van der Waals surface area contributed by atoms with Gasteiger partial charge in [0.1, 0.15) is 30.2 Å². The molecule has 0 aliphatic rings. The second-order valence-corrected chi connectivity index (χ2v) is 13.2. The molecule has 6 amide bonds. The van der Waals surface area contributed by atoms with E-state index in [2.05, 4.69) is 31.9 Å². The lowest BCUT2D eigenvalue weighted by molar-refractivity contribution is -0.145. The van der Waals surface area contributed by atoms with Crippen molar-refractivity contribution in [3.63, 3.8) is 0 Å². The molecule has 52 heavy (non-hydrogen) atoms. The van der Waals surface area contributed by atoms with Crippen molar-refractivity contribution < 1.29 is 43.8 Å². The molecule has 0 aliphatic carbocycles. The summed E-state index contributed by atoms with van der Waals surface area (Å²) in [5, 5.41) is 34.2. The molecule has 0 aromatic rings. The molecule has 20 heteroatoms. The SMILES string of the molecule is CC[C@H](C)[C@H](NC(=O)[C@@H](CC(C)C)NC(=O)[C@H](CCN)NC(=O)[C@@H](N)CCN)C(=O)N[C@@H](CCN)C(=O)N[C@@H](CCN)C(=O)N[C@H](C(=O)O)[C@@H](C)O. The number of carbonyl (C=O) groups is 7. The lowest BCUT2D eigenvalue weighted by Crippen LogP contribution is -2.61. The normalized spacial score (nSPS) is 16.5. The summed E-state index contributed by atoms with van der Waals surface area (Å²) < 4.78 is 0. The van der Waals surface area contributed by atoms with Crippen LogP contribution < -0.4 is 60.6 Å². The summed E-state index contributed by atoms with van der Waals surface area (Å²) in [6.45, 7) is 8.40. The third-order valence-electron chi connectivity index (χ3n) is 8.26. The van der Waals surface area contributed by atoms with Crippen molar-refractivity contribution in [3.8, 4) is 0 Å². The fourth-order valence-corrected chi connectivity index (χ4v) is 5.00. The Morgan fingerprint density at radius 3 is 1.29 bits per heavy atom. The van der Waals surface area contributed by atoms with Crippen molar-refractivity contribution in [2.45, 2.75) is 122 Å². The lowest BCUT2D eigenvalue weighted by Gasteiger charge is -2.30. The van der Waals surface area contributed by atoms with Gasteiger partial charge in [0.2, 0.25) is 35.4 Å². The van der Waals surface area contributed by atoms with Crippen molar-refractivity contribution in [3.05, 3.63) is 0 Å². The number of rotatable bonds is 26. The van der Waals surface area contributed by atoms with Gasteiger partial charge in [0.05, 0.1) is 12.1 Å². The van der Waals surface area contributed by atoms with E-state index in [4.69, 9.17) is 28.7 Å². The molecule has 300 valence electrons. The Morgan fingerprint density at radius 1 is 0.538 bits per heavy atom. The molecule has 0 spiro atoms. The second kappa shape index (κ2) is 25.1. The van der Waals surface area contributed by atoms with Gasteiger partial charge in [-0.1, -0.05) is 34.1 Å². The molecule has 0 bridgehead atoms. The van der Waals surface area contributed by atoms with E-state index in [0.717, 1.165) is 0 Å². The van der Waals surface area contributed by atoms with Crippen LogP contribution in [0, 0.1) is 11.8 Å². The summed E-state index contributed by atoms with van der Waals surface area (Å²) in [5.74, 6) is -6.50. The predicted molar refractivity (Wildman–Crippen MR) is 192 cm³/mol. The number of carbonyl (C=O) groups excluding carboxylic acids is 6. The standard InChI is InChI=1S/C32H63N11O9/c1-6-17(4)24(42-30(49)23(15-16(2)3)41-28(47)20(8-12-34)38-26(45)19(37)7-11-33)31(50)40-21(9-13-35)27(46)39-22(10-14-36)29(48)43-25(18(5)44)32(51)52/h16-25,44H,6-15,33-37H2,1-5H3,(H,38,45)(H,39,46)(H,40,50)(H,41,47)(H,42,49)(H,43,48)(H,51,52)/t17-,18+,19-,20-,21-,22-,23+,24-,25-/m0/s1. The topological polar surface area (TPSA) is 362 Å². The Hall–Kier alpha value is -3.95. The first-order valence-electron chi connectivity index (χ1n) is 17.7. The molecular weight excluding hydrogens is 682 g/mol. The summed E-state index contributed by atoms with van der Waals surface area (Å²) >= 11 is 0. The van der Waals surface area contributed by atoms with E-state index in [1.54, 1.807) is 13.8 Å². The van der Waals surface area contributed by atoms with Crippen LogP contribution in [0.25, 0.3) is 0 Å². The van der Waals surface area contributed by atoms with Gasteiger partial charge in [-0.3, -0.25) is 28.8 Å². The molecule has 0 fully saturated rings. The third kappa shape index (κ3) is 17.0. The number of amides is 6. The zero-order chi connectivity index (χ0) is 40.1. The quantitative estimate of drug-likeness (QED) is 0.0395. The molecule has 0 radical (unpaired) electrons. The van der Waals surface area contributed by atoms with E-state index < -0.39 is 95.7 Å². The number of carboxylic acid groups (broad SMARTS) is 1. The van der Waals surface area contributed by atoms with Crippen molar-refractivity contribution in [2.24, 2.45) is 40.5 Å². The Kier molecular flexibility index (Phi) is 23.2. The zero-order valence-electron chi connectivity index (χ0n) is 31.0. The third-order valence-corrected chi connectivity index (χ3v) is 8.26. The van der Waals surface area contributed by atoms with Gasteiger partial charge in [0.15, 0.2) is 6.04 Å². The fraction of sp³-hybridized carbons (Fsp3) is 0.781. The highest BCUT2D eigenvalue weighted by atomic mass is 16.4. The van der Waals surface area contributed by atoms with Crippen LogP contribution in [0.1, 0.15) is 73.1 Å². The van der Waals surface area contributed by atoms with Crippen LogP contribution in [0.15, 0.2) is 0 Å². The molecule has 20 nitrogen and oxygen atoms in total. The number of hydrogen-bond acceptors (Lipinski definition) is 13. The van der Waals surface area contributed by atoms with E-state index in [0.29, 0.717) is 6.42 Å². The Bertz CT molecular complexity index is 1170. The molecule has 0 saturated carbocycles. The van der Waals surface area contributed by atoms with Crippen LogP contribution in [-0.2, 0) is 33.6 Å². The largest absolute Gasteiger partial charge is 0.480 e. The van der Waals surface area contributed by atoms with E-state index >= 15 is 0 Å². The monoisotopic (exact) mass is 745 g/mol. The summed E-state index contributed by atoms with van der Waals surface area (Å²) in [6.07, 6.45) is -0.778. The van der Waals surface area contributed by atoms with Gasteiger partial charge in [0, 0.05) is 0 Å². The molecule has 0 saturated heterocycles. The molecule has 18 N–H and O–H groups in total. The number of aliphatic hydroxyl groups excluding tert-OH is 1. The van der Waals surface area contributed by atoms with Crippen molar-refractivity contribution in [1.82, 2.24) is 31.9 Å². The minimum atomic E-state index is -1.65.